The molecule has 1 aliphatic rings. The van der Waals surface area contributed by atoms with Gasteiger partial charge in [0, 0.05) is 25.3 Å². The minimum Gasteiger partial charge on any atom is -0.370 e. The minimum atomic E-state index is 0.476. The number of para-hydroxylation sites is 1. The van der Waals surface area contributed by atoms with Gasteiger partial charge in [-0.05, 0) is 30.9 Å². The van der Waals surface area contributed by atoms with E-state index in [-0.39, 0.29) is 0 Å². The maximum absolute atomic E-state index is 6.04. The van der Waals surface area contributed by atoms with Crippen LogP contribution in [0.5, 0.6) is 0 Å². The molecule has 0 amide bonds. The molecule has 1 saturated carbocycles. The molecule has 2 rings (SSSR count). The lowest BCUT2D eigenvalue weighted by Crippen LogP contribution is -2.40. The van der Waals surface area contributed by atoms with E-state index in [9.17, 15) is 0 Å². The predicted molar refractivity (Wildman–Crippen MR) is 83.6 cm³/mol. The molecule has 0 radical (unpaired) electrons. The zero-order chi connectivity index (χ0) is 13.7. The van der Waals surface area contributed by atoms with Crippen LogP contribution in [-0.2, 0) is 0 Å². The lowest BCUT2D eigenvalue weighted by molar-refractivity contribution is 0.316. The predicted octanol–water partition coefficient (Wildman–Crippen LogP) is 3.73. The summed E-state index contributed by atoms with van der Waals surface area (Å²) in [4.78, 5) is 2.39. The van der Waals surface area contributed by atoms with Gasteiger partial charge >= 0.3 is 0 Å². The number of hydrogen-bond donors (Lipinski definition) is 1. The second-order valence-electron chi connectivity index (χ2n) is 6.03. The molecule has 2 nitrogen and oxygen atoms in total. The van der Waals surface area contributed by atoms with Gasteiger partial charge in [0.05, 0.1) is 0 Å². The highest BCUT2D eigenvalue weighted by Gasteiger charge is 2.21. The molecule has 19 heavy (non-hydrogen) atoms. The summed E-state index contributed by atoms with van der Waals surface area (Å²) in [6, 6.07) is 9.08. The molecule has 0 bridgehead atoms. The van der Waals surface area contributed by atoms with Crippen molar-refractivity contribution in [2.24, 2.45) is 11.7 Å². The topological polar surface area (TPSA) is 29.3 Å². The second kappa shape index (κ2) is 6.95. The van der Waals surface area contributed by atoms with E-state index in [1.165, 1.54) is 49.8 Å². The van der Waals surface area contributed by atoms with Gasteiger partial charge in [0.1, 0.15) is 0 Å². The number of rotatable bonds is 5. The Morgan fingerprint density at radius 1 is 1.21 bits per heavy atom. The molecule has 2 heteroatoms. The van der Waals surface area contributed by atoms with Gasteiger partial charge in [0.2, 0.25) is 0 Å². The number of aryl methyl sites for hydroxylation is 1. The third-order valence-corrected chi connectivity index (χ3v) is 4.65. The molecule has 1 atom stereocenters. The fraction of sp³-hybridized carbons (Fsp3) is 0.647. The molecule has 1 fully saturated rings. The maximum Gasteiger partial charge on any atom is 0.0411 e. The first-order valence-corrected chi connectivity index (χ1v) is 7.71. The van der Waals surface area contributed by atoms with Gasteiger partial charge < -0.3 is 10.6 Å². The largest absolute Gasteiger partial charge is 0.370 e. The highest BCUT2D eigenvalue weighted by Crippen LogP contribution is 2.30. The van der Waals surface area contributed by atoms with Crippen LogP contribution in [0.15, 0.2) is 24.3 Å². The Labute approximate surface area is 118 Å². The van der Waals surface area contributed by atoms with E-state index in [4.69, 9.17) is 5.73 Å². The average Bonchev–Trinajstić information content (AvgIpc) is 2.46. The molecule has 106 valence electrons. The number of anilines is 1. The highest BCUT2D eigenvalue weighted by atomic mass is 15.1. The van der Waals surface area contributed by atoms with Gasteiger partial charge in [-0.1, -0.05) is 50.3 Å². The van der Waals surface area contributed by atoms with E-state index in [0.29, 0.717) is 6.04 Å². The normalized spacial score (nSPS) is 18.3. The molecule has 1 aromatic rings. The Kier molecular flexibility index (Phi) is 5.26. The molecule has 1 aromatic carbocycles. The van der Waals surface area contributed by atoms with Crippen molar-refractivity contribution in [3.63, 3.8) is 0 Å². The summed E-state index contributed by atoms with van der Waals surface area (Å²) in [7, 11) is 2.20. The van der Waals surface area contributed by atoms with Gasteiger partial charge in [0.25, 0.3) is 0 Å². The fourth-order valence-corrected chi connectivity index (χ4v) is 3.38. The standard InChI is InChI=1S/C17H28N2/c1-14-8-6-7-11-17(14)19(2)16(13-18)12-15-9-4-3-5-10-15/h6-8,11,15-16H,3-5,9-10,12-13,18H2,1-2H3. The van der Waals surface area contributed by atoms with Gasteiger partial charge in [-0.25, -0.2) is 0 Å². The van der Waals surface area contributed by atoms with Crippen LogP contribution in [-0.4, -0.2) is 19.6 Å². The molecule has 0 heterocycles. The summed E-state index contributed by atoms with van der Waals surface area (Å²) >= 11 is 0. The smallest absolute Gasteiger partial charge is 0.0411 e. The van der Waals surface area contributed by atoms with E-state index in [0.717, 1.165) is 12.5 Å². The lowest BCUT2D eigenvalue weighted by atomic mass is 9.84. The van der Waals surface area contributed by atoms with Gasteiger partial charge in [-0.15, -0.1) is 0 Å². The summed E-state index contributed by atoms with van der Waals surface area (Å²) in [6.45, 7) is 2.93. The maximum atomic E-state index is 6.04. The van der Waals surface area contributed by atoms with Crippen LogP contribution >= 0.6 is 0 Å². The first-order valence-electron chi connectivity index (χ1n) is 7.71. The lowest BCUT2D eigenvalue weighted by Gasteiger charge is -2.34. The minimum absolute atomic E-state index is 0.476. The quantitative estimate of drug-likeness (QED) is 0.874. The zero-order valence-corrected chi connectivity index (χ0v) is 12.4. The Balaban J connectivity index is 2.02. The van der Waals surface area contributed by atoms with Crippen molar-refractivity contribution in [1.29, 1.82) is 0 Å². The van der Waals surface area contributed by atoms with Crippen LogP contribution in [0.25, 0.3) is 0 Å². The first kappa shape index (κ1) is 14.4. The summed E-state index contributed by atoms with van der Waals surface area (Å²) in [5, 5.41) is 0. The van der Waals surface area contributed by atoms with Crippen LogP contribution in [0.2, 0.25) is 0 Å². The fourth-order valence-electron chi connectivity index (χ4n) is 3.38. The third-order valence-electron chi connectivity index (χ3n) is 4.65. The van der Waals surface area contributed by atoms with Crippen molar-refractivity contribution in [3.8, 4) is 0 Å². The number of likely N-dealkylation sites (N-methyl/N-ethyl adjacent to an activating group) is 1. The van der Waals surface area contributed by atoms with Crippen LogP contribution in [0.4, 0.5) is 5.69 Å². The van der Waals surface area contributed by atoms with Crippen molar-refractivity contribution in [1.82, 2.24) is 0 Å². The number of nitrogens with zero attached hydrogens (tertiary/aromatic N) is 1. The Morgan fingerprint density at radius 2 is 1.89 bits per heavy atom. The second-order valence-corrected chi connectivity index (χ2v) is 6.03. The molecule has 0 aromatic heterocycles. The molecule has 0 aliphatic heterocycles. The van der Waals surface area contributed by atoms with Gasteiger partial charge in [-0.2, -0.15) is 0 Å². The summed E-state index contributed by atoms with van der Waals surface area (Å²) in [5.74, 6) is 0.883. The van der Waals surface area contributed by atoms with E-state index >= 15 is 0 Å². The van der Waals surface area contributed by atoms with E-state index in [1.807, 2.05) is 0 Å². The molecule has 2 N–H and O–H groups in total. The van der Waals surface area contributed by atoms with Gasteiger partial charge in [0.15, 0.2) is 0 Å². The zero-order valence-electron chi connectivity index (χ0n) is 12.4. The SMILES string of the molecule is Cc1ccccc1N(C)C(CN)CC1CCCCC1. The van der Waals surface area contributed by atoms with Crippen LogP contribution in [0, 0.1) is 12.8 Å². The molecule has 1 aliphatic carbocycles. The summed E-state index contributed by atoms with van der Waals surface area (Å²) in [5.41, 5.74) is 8.70. The summed E-state index contributed by atoms with van der Waals surface area (Å²) < 4.78 is 0. The molecule has 0 saturated heterocycles. The van der Waals surface area contributed by atoms with E-state index in [2.05, 4.69) is 43.1 Å². The van der Waals surface area contributed by atoms with Crippen LogP contribution in [0.1, 0.15) is 44.1 Å². The van der Waals surface area contributed by atoms with Crippen molar-refractivity contribution in [2.75, 3.05) is 18.5 Å². The summed E-state index contributed by atoms with van der Waals surface area (Å²) in [6.07, 6.45) is 8.31. The van der Waals surface area contributed by atoms with Crippen molar-refractivity contribution >= 4 is 5.69 Å². The van der Waals surface area contributed by atoms with Crippen molar-refractivity contribution < 1.29 is 0 Å². The number of nitrogens with two attached hydrogens (primary N) is 1. The van der Waals surface area contributed by atoms with Crippen molar-refractivity contribution in [3.05, 3.63) is 29.8 Å². The molecular weight excluding hydrogens is 232 g/mol. The number of hydrogen-bond acceptors (Lipinski definition) is 2. The van der Waals surface area contributed by atoms with E-state index in [1.54, 1.807) is 0 Å². The molecular formula is C17H28N2. The van der Waals surface area contributed by atoms with Crippen LogP contribution in [0.3, 0.4) is 0 Å². The number of benzene rings is 1. The van der Waals surface area contributed by atoms with Crippen molar-refractivity contribution in [2.45, 2.75) is 51.5 Å². The Morgan fingerprint density at radius 3 is 2.53 bits per heavy atom. The Hall–Kier alpha value is -1.02. The molecule has 0 spiro atoms. The molecule has 1 unspecified atom stereocenters. The first-order chi connectivity index (χ1) is 9.22. The monoisotopic (exact) mass is 260 g/mol. The van der Waals surface area contributed by atoms with Crippen LogP contribution < -0.4 is 10.6 Å². The van der Waals surface area contributed by atoms with Gasteiger partial charge in [-0.3, -0.25) is 0 Å². The highest BCUT2D eigenvalue weighted by molar-refractivity contribution is 5.53. The Bertz CT molecular complexity index is 383. The third kappa shape index (κ3) is 3.73. The average molecular weight is 260 g/mol. The van der Waals surface area contributed by atoms with E-state index < -0.39 is 0 Å².